The highest BCUT2D eigenvalue weighted by atomic mass is 16.5. The summed E-state index contributed by atoms with van der Waals surface area (Å²) in [4.78, 5) is 36.6. The maximum atomic E-state index is 12.3. The molecule has 0 saturated heterocycles. The van der Waals surface area contributed by atoms with Crippen LogP contribution in [0.2, 0.25) is 0 Å². The van der Waals surface area contributed by atoms with E-state index in [1.54, 1.807) is 60.7 Å². The van der Waals surface area contributed by atoms with Gasteiger partial charge in [0.25, 0.3) is 11.8 Å². The molecule has 0 saturated carbocycles. The average Bonchev–Trinajstić information content (AvgIpc) is 2.92. The van der Waals surface area contributed by atoms with Crippen LogP contribution in [-0.2, 0) is 4.79 Å². The average molecular weight is 506 g/mol. The van der Waals surface area contributed by atoms with Gasteiger partial charge < -0.3 is 24.3 Å². The van der Waals surface area contributed by atoms with Gasteiger partial charge in [0.2, 0.25) is 0 Å². The molecule has 0 unspecified atom stereocenters. The fraction of sp³-hybridized carbons (Fsp3) is 0.185. The van der Waals surface area contributed by atoms with Gasteiger partial charge in [0.15, 0.2) is 11.5 Å². The Morgan fingerprint density at radius 1 is 0.838 bits per heavy atom. The predicted octanol–water partition coefficient (Wildman–Crippen LogP) is 3.20. The summed E-state index contributed by atoms with van der Waals surface area (Å²) in [6, 6.07) is 17.9. The van der Waals surface area contributed by atoms with E-state index in [2.05, 4.69) is 15.8 Å². The topological polar surface area (TPSA) is 125 Å². The lowest BCUT2D eigenvalue weighted by molar-refractivity contribution is -0.120. The summed E-state index contributed by atoms with van der Waals surface area (Å²) >= 11 is 0. The molecule has 2 N–H and O–H groups in total. The van der Waals surface area contributed by atoms with E-state index in [9.17, 15) is 14.4 Å². The van der Waals surface area contributed by atoms with Crippen LogP contribution in [0.15, 0.2) is 71.8 Å². The van der Waals surface area contributed by atoms with Crippen molar-refractivity contribution in [2.75, 3.05) is 27.4 Å². The van der Waals surface area contributed by atoms with Crippen LogP contribution in [0.5, 0.6) is 23.0 Å². The zero-order chi connectivity index (χ0) is 26.6. The highest BCUT2D eigenvalue weighted by molar-refractivity contribution is 5.97. The summed E-state index contributed by atoms with van der Waals surface area (Å²) in [5.74, 6) is 0.479. The van der Waals surface area contributed by atoms with Crippen LogP contribution in [-0.4, -0.2) is 51.4 Å². The van der Waals surface area contributed by atoms with Crippen molar-refractivity contribution in [1.82, 2.24) is 10.7 Å². The normalized spacial score (nSPS) is 10.5. The Balaban J connectivity index is 1.45. The molecule has 3 aromatic rings. The van der Waals surface area contributed by atoms with E-state index in [1.807, 2.05) is 6.92 Å². The molecule has 3 aromatic carbocycles. The monoisotopic (exact) mass is 505 g/mol. The number of carbonyl (C=O) groups is 3. The van der Waals surface area contributed by atoms with E-state index in [0.717, 1.165) is 0 Å². The van der Waals surface area contributed by atoms with Gasteiger partial charge in [-0.05, 0) is 79.2 Å². The van der Waals surface area contributed by atoms with Crippen LogP contribution in [0, 0.1) is 0 Å². The van der Waals surface area contributed by atoms with Crippen molar-refractivity contribution < 1.29 is 33.3 Å². The summed E-state index contributed by atoms with van der Waals surface area (Å²) in [5, 5.41) is 6.38. The molecule has 10 heteroatoms. The molecule has 0 fully saturated rings. The van der Waals surface area contributed by atoms with Crippen LogP contribution >= 0.6 is 0 Å². The second kappa shape index (κ2) is 13.3. The molecule has 0 aliphatic rings. The van der Waals surface area contributed by atoms with Crippen LogP contribution in [0.3, 0.4) is 0 Å². The lowest BCUT2D eigenvalue weighted by Crippen LogP contribution is -2.34. The summed E-state index contributed by atoms with van der Waals surface area (Å²) in [6.45, 7) is 2.15. The van der Waals surface area contributed by atoms with Gasteiger partial charge in [0.05, 0.1) is 39.1 Å². The van der Waals surface area contributed by atoms with Crippen molar-refractivity contribution in [1.29, 1.82) is 0 Å². The zero-order valence-corrected chi connectivity index (χ0v) is 20.6. The highest BCUT2D eigenvalue weighted by Gasteiger charge is 2.12. The minimum atomic E-state index is -0.508. The van der Waals surface area contributed by atoms with E-state index in [1.165, 1.54) is 26.5 Å². The summed E-state index contributed by atoms with van der Waals surface area (Å²) in [5.41, 5.74) is 3.71. The summed E-state index contributed by atoms with van der Waals surface area (Å²) < 4.78 is 21.0. The Labute approximate surface area is 214 Å². The van der Waals surface area contributed by atoms with E-state index in [0.29, 0.717) is 46.3 Å². The molecule has 0 spiro atoms. The van der Waals surface area contributed by atoms with Gasteiger partial charge in [0, 0.05) is 5.56 Å². The Morgan fingerprint density at radius 2 is 1.49 bits per heavy atom. The molecule has 0 atom stereocenters. The van der Waals surface area contributed by atoms with Crippen molar-refractivity contribution in [2.45, 2.75) is 6.92 Å². The van der Waals surface area contributed by atoms with E-state index in [4.69, 9.17) is 18.9 Å². The van der Waals surface area contributed by atoms with E-state index >= 15 is 0 Å². The lowest BCUT2D eigenvalue weighted by Gasteiger charge is -2.09. The number of nitrogens with zero attached hydrogens (tertiary/aromatic N) is 1. The van der Waals surface area contributed by atoms with Crippen LogP contribution in [0.25, 0.3) is 0 Å². The van der Waals surface area contributed by atoms with Gasteiger partial charge in [-0.3, -0.25) is 9.59 Å². The number of esters is 1. The number of carbonyl (C=O) groups excluding carboxylic acids is 3. The van der Waals surface area contributed by atoms with Crippen molar-refractivity contribution in [3.8, 4) is 23.0 Å². The number of ether oxygens (including phenoxy) is 4. The summed E-state index contributed by atoms with van der Waals surface area (Å²) in [6.07, 6.45) is 1.42. The SMILES string of the molecule is CCOc1ccc(C(=O)Oc2ccc(C=NNC(=O)CNC(=O)c3ccc(OC)c(OC)c3)cc2)cc1. The number of hydrogen-bond acceptors (Lipinski definition) is 8. The van der Waals surface area contributed by atoms with Gasteiger partial charge in [-0.2, -0.15) is 5.10 Å². The first-order valence-corrected chi connectivity index (χ1v) is 11.3. The van der Waals surface area contributed by atoms with Gasteiger partial charge in [-0.25, -0.2) is 10.2 Å². The van der Waals surface area contributed by atoms with Crippen molar-refractivity contribution in [3.63, 3.8) is 0 Å². The highest BCUT2D eigenvalue weighted by Crippen LogP contribution is 2.27. The molecule has 2 amide bonds. The molecule has 10 nitrogen and oxygen atoms in total. The fourth-order valence-electron chi connectivity index (χ4n) is 3.10. The predicted molar refractivity (Wildman–Crippen MR) is 137 cm³/mol. The molecule has 3 rings (SSSR count). The van der Waals surface area contributed by atoms with Gasteiger partial charge in [-0.15, -0.1) is 0 Å². The quantitative estimate of drug-likeness (QED) is 0.177. The van der Waals surface area contributed by atoms with Gasteiger partial charge in [-0.1, -0.05) is 0 Å². The first kappa shape index (κ1) is 26.7. The third-order valence-corrected chi connectivity index (χ3v) is 4.95. The Bertz CT molecular complexity index is 1260. The first-order valence-electron chi connectivity index (χ1n) is 11.3. The van der Waals surface area contributed by atoms with E-state index in [-0.39, 0.29) is 6.54 Å². The minimum absolute atomic E-state index is 0.273. The molecule has 0 radical (unpaired) electrons. The molecule has 0 heterocycles. The number of hydrazone groups is 1. The molecule has 37 heavy (non-hydrogen) atoms. The molecule has 0 aromatic heterocycles. The molecule has 192 valence electrons. The van der Waals surface area contributed by atoms with Gasteiger partial charge in [0.1, 0.15) is 11.5 Å². The standard InChI is InChI=1S/C27H27N3O7/c1-4-36-21-12-7-19(8-13-21)27(33)37-22-10-5-18(6-11-22)16-29-30-25(31)17-28-26(32)20-9-14-23(34-2)24(15-20)35-3/h5-16H,4,17H2,1-3H3,(H,28,32)(H,30,31). The minimum Gasteiger partial charge on any atom is -0.494 e. The molecular weight excluding hydrogens is 478 g/mol. The van der Waals surface area contributed by atoms with Crippen molar-refractivity contribution in [2.24, 2.45) is 5.10 Å². The Kier molecular flexibility index (Phi) is 9.60. The fourth-order valence-corrected chi connectivity index (χ4v) is 3.10. The van der Waals surface area contributed by atoms with Gasteiger partial charge >= 0.3 is 5.97 Å². The van der Waals surface area contributed by atoms with Crippen LogP contribution in [0.4, 0.5) is 0 Å². The first-order chi connectivity index (χ1) is 17.9. The Morgan fingerprint density at radius 3 is 2.14 bits per heavy atom. The molecule has 0 bridgehead atoms. The number of benzene rings is 3. The number of amides is 2. The second-order valence-corrected chi connectivity index (χ2v) is 7.46. The lowest BCUT2D eigenvalue weighted by atomic mass is 10.2. The molecular formula is C27H27N3O7. The Hall–Kier alpha value is -4.86. The second-order valence-electron chi connectivity index (χ2n) is 7.46. The number of nitrogens with one attached hydrogen (secondary N) is 2. The van der Waals surface area contributed by atoms with E-state index < -0.39 is 17.8 Å². The van der Waals surface area contributed by atoms with Crippen LogP contribution in [0.1, 0.15) is 33.2 Å². The molecule has 0 aliphatic heterocycles. The number of rotatable bonds is 11. The third-order valence-electron chi connectivity index (χ3n) is 4.95. The van der Waals surface area contributed by atoms with Crippen molar-refractivity contribution in [3.05, 3.63) is 83.4 Å². The summed E-state index contributed by atoms with van der Waals surface area (Å²) in [7, 11) is 2.96. The third kappa shape index (κ3) is 7.82. The smallest absolute Gasteiger partial charge is 0.343 e. The molecule has 0 aliphatic carbocycles. The number of hydrogen-bond donors (Lipinski definition) is 2. The largest absolute Gasteiger partial charge is 0.494 e. The maximum absolute atomic E-state index is 12.3. The number of methoxy groups -OCH3 is 2. The maximum Gasteiger partial charge on any atom is 0.343 e. The van der Waals surface area contributed by atoms with Crippen LogP contribution < -0.4 is 29.7 Å². The zero-order valence-electron chi connectivity index (χ0n) is 20.6. The van der Waals surface area contributed by atoms with Crippen molar-refractivity contribution >= 4 is 24.0 Å².